The minimum absolute atomic E-state index is 0.209. The lowest BCUT2D eigenvalue weighted by molar-refractivity contribution is -0.135. The molecule has 1 aliphatic rings. The molecule has 0 unspecified atom stereocenters. The van der Waals surface area contributed by atoms with E-state index in [2.05, 4.69) is 15.4 Å². The Bertz CT molecular complexity index is 530. The van der Waals surface area contributed by atoms with Crippen molar-refractivity contribution in [1.29, 1.82) is 0 Å². The van der Waals surface area contributed by atoms with Crippen LogP contribution in [0.5, 0.6) is 0 Å². The SMILES string of the molecule is O=C1N[C@@H](CCCNC(=O)c2ccc(Cl)cc2)C(=O)O1. The lowest BCUT2D eigenvalue weighted by Crippen LogP contribution is -2.31. The van der Waals surface area contributed by atoms with Crippen LogP contribution < -0.4 is 10.6 Å². The molecule has 0 aliphatic carbocycles. The first kappa shape index (κ1) is 14.3. The van der Waals surface area contributed by atoms with Crippen molar-refractivity contribution in [1.82, 2.24) is 10.6 Å². The molecule has 2 amide bonds. The summed E-state index contributed by atoms with van der Waals surface area (Å²) in [7, 11) is 0. The number of ether oxygens (including phenoxy) is 1. The minimum atomic E-state index is -0.717. The van der Waals surface area contributed by atoms with Crippen molar-refractivity contribution in [2.75, 3.05) is 6.54 Å². The van der Waals surface area contributed by atoms with Crippen LogP contribution in [0.3, 0.4) is 0 Å². The number of carbonyl (C=O) groups excluding carboxylic acids is 3. The Morgan fingerprint density at radius 2 is 2.00 bits per heavy atom. The molecule has 2 N–H and O–H groups in total. The highest BCUT2D eigenvalue weighted by Gasteiger charge is 2.31. The number of hydrogen-bond acceptors (Lipinski definition) is 4. The number of alkyl carbamates (subject to hydrolysis) is 1. The van der Waals surface area contributed by atoms with E-state index in [0.717, 1.165) is 0 Å². The molecule has 0 bridgehead atoms. The molecule has 6 nitrogen and oxygen atoms in total. The van der Waals surface area contributed by atoms with Crippen LogP contribution in [0.4, 0.5) is 4.79 Å². The number of amides is 2. The number of carbonyl (C=O) groups is 3. The Morgan fingerprint density at radius 1 is 1.30 bits per heavy atom. The van der Waals surface area contributed by atoms with Gasteiger partial charge in [-0.2, -0.15) is 0 Å². The molecule has 0 aromatic heterocycles. The molecule has 2 rings (SSSR count). The summed E-state index contributed by atoms with van der Waals surface area (Å²) in [6.07, 6.45) is 0.260. The second-order valence-electron chi connectivity index (χ2n) is 4.31. The Kier molecular flexibility index (Phi) is 4.57. The summed E-state index contributed by atoms with van der Waals surface area (Å²) in [5, 5.41) is 5.68. The number of esters is 1. The Labute approximate surface area is 120 Å². The van der Waals surface area contributed by atoms with E-state index in [9.17, 15) is 14.4 Å². The molecule has 1 aliphatic heterocycles. The number of nitrogens with one attached hydrogen (secondary N) is 2. The third-order valence-corrected chi connectivity index (χ3v) is 3.08. The molecule has 0 saturated carbocycles. The zero-order valence-corrected chi connectivity index (χ0v) is 11.3. The van der Waals surface area contributed by atoms with E-state index >= 15 is 0 Å². The smallest absolute Gasteiger partial charge is 0.375 e. The van der Waals surface area contributed by atoms with Crippen LogP contribution in [0.15, 0.2) is 24.3 Å². The van der Waals surface area contributed by atoms with Gasteiger partial charge in [-0.1, -0.05) is 11.6 Å². The van der Waals surface area contributed by atoms with Crippen molar-refractivity contribution < 1.29 is 19.1 Å². The number of benzene rings is 1. The highest BCUT2D eigenvalue weighted by molar-refractivity contribution is 6.30. The van der Waals surface area contributed by atoms with Gasteiger partial charge < -0.3 is 15.4 Å². The number of cyclic esters (lactones) is 2. The van der Waals surface area contributed by atoms with Crippen LogP contribution >= 0.6 is 11.6 Å². The van der Waals surface area contributed by atoms with Gasteiger partial charge in [0.2, 0.25) is 0 Å². The van der Waals surface area contributed by atoms with E-state index in [1.807, 2.05) is 0 Å². The van der Waals surface area contributed by atoms with Gasteiger partial charge in [0, 0.05) is 17.1 Å². The first-order valence-corrected chi connectivity index (χ1v) is 6.50. The second-order valence-corrected chi connectivity index (χ2v) is 4.75. The summed E-state index contributed by atoms with van der Waals surface area (Å²) >= 11 is 5.73. The van der Waals surface area contributed by atoms with Crippen molar-refractivity contribution in [3.8, 4) is 0 Å². The van der Waals surface area contributed by atoms with E-state index in [0.29, 0.717) is 30.0 Å². The van der Waals surface area contributed by atoms with E-state index in [4.69, 9.17) is 11.6 Å². The van der Waals surface area contributed by atoms with Gasteiger partial charge in [0.1, 0.15) is 6.04 Å². The third kappa shape index (κ3) is 3.71. The van der Waals surface area contributed by atoms with Gasteiger partial charge in [-0.25, -0.2) is 9.59 Å². The lowest BCUT2D eigenvalue weighted by atomic mass is 10.1. The fraction of sp³-hybridized carbons (Fsp3) is 0.308. The van der Waals surface area contributed by atoms with Crippen LogP contribution in [0, 0.1) is 0 Å². The van der Waals surface area contributed by atoms with Crippen LogP contribution in [-0.4, -0.2) is 30.6 Å². The standard InChI is InChI=1S/C13H13ClN2O4/c14-9-5-3-8(4-6-9)11(17)15-7-1-2-10-12(18)20-13(19)16-10/h3-6,10H,1-2,7H2,(H,15,17)(H,16,19)/t10-/m0/s1. The number of rotatable bonds is 5. The van der Waals surface area contributed by atoms with E-state index in [1.165, 1.54) is 0 Å². The molecule has 1 aromatic carbocycles. The third-order valence-electron chi connectivity index (χ3n) is 2.83. The summed E-state index contributed by atoms with van der Waals surface area (Å²) in [5.74, 6) is -0.779. The Hall–Kier alpha value is -2.08. The normalized spacial score (nSPS) is 17.6. The van der Waals surface area contributed by atoms with Crippen molar-refractivity contribution in [3.63, 3.8) is 0 Å². The summed E-state index contributed by atoms with van der Waals surface area (Å²) in [5.41, 5.74) is 0.517. The molecular formula is C13H13ClN2O4. The second kappa shape index (κ2) is 6.38. The van der Waals surface area contributed by atoms with Crippen LogP contribution in [0.25, 0.3) is 0 Å². The summed E-state index contributed by atoms with van der Waals surface area (Å²) < 4.78 is 4.34. The maximum absolute atomic E-state index is 11.8. The van der Waals surface area contributed by atoms with Crippen molar-refractivity contribution >= 4 is 29.6 Å². The monoisotopic (exact) mass is 296 g/mol. The topological polar surface area (TPSA) is 84.5 Å². The summed E-state index contributed by atoms with van der Waals surface area (Å²) in [4.78, 5) is 33.7. The van der Waals surface area contributed by atoms with E-state index in [1.54, 1.807) is 24.3 Å². The first-order valence-electron chi connectivity index (χ1n) is 6.12. The predicted octanol–water partition coefficient (Wildman–Crippen LogP) is 1.48. The molecule has 1 atom stereocenters. The minimum Gasteiger partial charge on any atom is -0.375 e. The first-order chi connectivity index (χ1) is 9.56. The molecule has 106 valence electrons. The largest absolute Gasteiger partial charge is 0.415 e. The van der Waals surface area contributed by atoms with Crippen molar-refractivity contribution in [3.05, 3.63) is 34.9 Å². The number of hydrogen-bond donors (Lipinski definition) is 2. The van der Waals surface area contributed by atoms with Gasteiger partial charge in [-0.15, -0.1) is 0 Å². The lowest BCUT2D eigenvalue weighted by Gasteiger charge is -2.07. The molecule has 0 spiro atoms. The van der Waals surface area contributed by atoms with Crippen LogP contribution in [0.2, 0.25) is 5.02 Å². The zero-order chi connectivity index (χ0) is 14.5. The molecular weight excluding hydrogens is 284 g/mol. The van der Waals surface area contributed by atoms with Crippen molar-refractivity contribution in [2.24, 2.45) is 0 Å². The van der Waals surface area contributed by atoms with Gasteiger partial charge in [-0.3, -0.25) is 4.79 Å². The fourth-order valence-corrected chi connectivity index (χ4v) is 1.92. The molecule has 20 heavy (non-hydrogen) atoms. The van der Waals surface area contributed by atoms with Crippen molar-refractivity contribution in [2.45, 2.75) is 18.9 Å². The average Bonchev–Trinajstić information content (AvgIpc) is 2.73. The summed E-state index contributed by atoms with van der Waals surface area (Å²) in [6.45, 7) is 0.404. The quantitative estimate of drug-likeness (QED) is 0.490. The zero-order valence-electron chi connectivity index (χ0n) is 10.5. The van der Waals surface area contributed by atoms with E-state index in [-0.39, 0.29) is 5.91 Å². The molecule has 0 radical (unpaired) electrons. The summed E-state index contributed by atoms with van der Waals surface area (Å²) in [6, 6.07) is 5.93. The molecule has 1 aromatic rings. The fourth-order valence-electron chi connectivity index (χ4n) is 1.79. The molecule has 1 fully saturated rings. The van der Waals surface area contributed by atoms with Gasteiger partial charge >= 0.3 is 12.1 Å². The van der Waals surface area contributed by atoms with E-state index < -0.39 is 18.1 Å². The number of halogens is 1. The van der Waals surface area contributed by atoms with Gasteiger partial charge in [0.15, 0.2) is 0 Å². The Balaban J connectivity index is 1.71. The molecule has 1 heterocycles. The highest BCUT2D eigenvalue weighted by Crippen LogP contribution is 2.10. The molecule has 1 saturated heterocycles. The predicted molar refractivity (Wildman–Crippen MR) is 71.4 cm³/mol. The maximum atomic E-state index is 11.8. The highest BCUT2D eigenvalue weighted by atomic mass is 35.5. The van der Waals surface area contributed by atoms with Crippen LogP contribution in [0.1, 0.15) is 23.2 Å². The average molecular weight is 297 g/mol. The maximum Gasteiger partial charge on any atom is 0.415 e. The van der Waals surface area contributed by atoms with Gasteiger partial charge in [0.05, 0.1) is 0 Å². The van der Waals surface area contributed by atoms with Crippen LogP contribution in [-0.2, 0) is 9.53 Å². The van der Waals surface area contributed by atoms with Gasteiger partial charge in [-0.05, 0) is 37.1 Å². The van der Waals surface area contributed by atoms with Gasteiger partial charge in [0.25, 0.3) is 5.91 Å². The Morgan fingerprint density at radius 3 is 2.60 bits per heavy atom. The molecule has 7 heteroatoms.